The summed E-state index contributed by atoms with van der Waals surface area (Å²) in [5.41, 5.74) is 1.02. The molecule has 0 aromatic heterocycles. The molecule has 0 saturated heterocycles. The summed E-state index contributed by atoms with van der Waals surface area (Å²) in [7, 11) is -3.91. The molecule has 0 heterocycles. The SMILES string of the molecule is CC(C)(C)c1ccc(S(=O)(=O)Oc2c(Br)cc(Br)cc2Br)cc1. The predicted molar refractivity (Wildman–Crippen MR) is 102 cm³/mol. The summed E-state index contributed by atoms with van der Waals surface area (Å²) >= 11 is 9.96. The maximum atomic E-state index is 12.5. The molecular formula is C16H15Br3O3S. The fraction of sp³-hybridized carbons (Fsp3) is 0.250. The van der Waals surface area contributed by atoms with Crippen LogP contribution in [0, 0.1) is 0 Å². The molecule has 124 valence electrons. The highest BCUT2D eigenvalue weighted by molar-refractivity contribution is 9.11. The zero-order valence-electron chi connectivity index (χ0n) is 12.7. The van der Waals surface area contributed by atoms with Crippen molar-refractivity contribution in [1.82, 2.24) is 0 Å². The van der Waals surface area contributed by atoms with E-state index in [4.69, 9.17) is 4.18 Å². The molecule has 0 amide bonds. The van der Waals surface area contributed by atoms with Crippen LogP contribution in [-0.4, -0.2) is 8.42 Å². The van der Waals surface area contributed by atoms with Gasteiger partial charge in [0.25, 0.3) is 0 Å². The Hall–Kier alpha value is -0.370. The summed E-state index contributed by atoms with van der Waals surface area (Å²) in [5, 5.41) is 0. The van der Waals surface area contributed by atoms with Crippen LogP contribution >= 0.6 is 47.8 Å². The summed E-state index contributed by atoms with van der Waals surface area (Å²) < 4.78 is 32.1. The summed E-state index contributed by atoms with van der Waals surface area (Å²) in [6.45, 7) is 6.22. The first-order valence-corrected chi connectivity index (χ1v) is 10.5. The van der Waals surface area contributed by atoms with Crippen LogP contribution in [0.5, 0.6) is 5.75 Å². The summed E-state index contributed by atoms with van der Waals surface area (Å²) in [4.78, 5) is 0.118. The lowest BCUT2D eigenvalue weighted by Crippen LogP contribution is -2.13. The molecule has 0 radical (unpaired) electrons. The van der Waals surface area contributed by atoms with Gasteiger partial charge in [0, 0.05) is 4.47 Å². The Morgan fingerprint density at radius 2 is 1.39 bits per heavy atom. The molecule has 2 aromatic rings. The first kappa shape index (κ1) is 19.0. The molecule has 3 nitrogen and oxygen atoms in total. The lowest BCUT2D eigenvalue weighted by Gasteiger charge is -2.19. The molecule has 23 heavy (non-hydrogen) atoms. The van der Waals surface area contributed by atoms with E-state index >= 15 is 0 Å². The molecule has 7 heteroatoms. The summed E-state index contributed by atoms with van der Waals surface area (Å²) in [5.74, 6) is 0.216. The van der Waals surface area contributed by atoms with Gasteiger partial charge < -0.3 is 4.18 Å². The average Bonchev–Trinajstić information content (AvgIpc) is 2.42. The van der Waals surface area contributed by atoms with Crippen LogP contribution < -0.4 is 4.18 Å². The van der Waals surface area contributed by atoms with Crippen molar-refractivity contribution in [1.29, 1.82) is 0 Å². The maximum Gasteiger partial charge on any atom is 0.339 e. The van der Waals surface area contributed by atoms with E-state index < -0.39 is 10.1 Å². The molecule has 0 atom stereocenters. The quantitative estimate of drug-likeness (QED) is 0.458. The average molecular weight is 527 g/mol. The molecule has 2 aromatic carbocycles. The highest BCUT2D eigenvalue weighted by Crippen LogP contribution is 2.38. The van der Waals surface area contributed by atoms with Crippen molar-refractivity contribution in [3.05, 3.63) is 55.4 Å². The van der Waals surface area contributed by atoms with E-state index in [1.165, 1.54) is 0 Å². The molecule has 0 bridgehead atoms. The van der Waals surface area contributed by atoms with Crippen molar-refractivity contribution in [3.8, 4) is 5.75 Å². The van der Waals surface area contributed by atoms with E-state index in [-0.39, 0.29) is 16.1 Å². The molecule has 0 aliphatic carbocycles. The first-order chi connectivity index (χ1) is 10.5. The molecule has 0 aliphatic heterocycles. The zero-order chi connectivity index (χ0) is 17.4. The Labute approximate surface area is 161 Å². The standard InChI is InChI=1S/C16H15Br3O3S/c1-16(2,3)10-4-6-12(7-5-10)23(20,21)22-15-13(18)8-11(17)9-14(15)19/h4-9H,1-3H3. The van der Waals surface area contributed by atoms with E-state index in [1.54, 1.807) is 24.3 Å². The predicted octanol–water partition coefficient (Wildman–Crippen LogP) is 6.04. The maximum absolute atomic E-state index is 12.5. The smallest absolute Gasteiger partial charge is 0.339 e. The lowest BCUT2D eigenvalue weighted by molar-refractivity contribution is 0.482. The van der Waals surface area contributed by atoms with E-state index in [0.29, 0.717) is 8.95 Å². The van der Waals surface area contributed by atoms with Crippen LogP contribution in [0.2, 0.25) is 0 Å². The van der Waals surface area contributed by atoms with Crippen molar-refractivity contribution in [2.24, 2.45) is 0 Å². The van der Waals surface area contributed by atoms with E-state index in [1.807, 2.05) is 12.1 Å². The number of halogens is 3. The normalized spacial score (nSPS) is 12.3. The second kappa shape index (κ2) is 6.86. The van der Waals surface area contributed by atoms with Crippen molar-refractivity contribution in [3.63, 3.8) is 0 Å². The minimum Gasteiger partial charge on any atom is -0.377 e. The van der Waals surface area contributed by atoms with Crippen LogP contribution in [0.1, 0.15) is 26.3 Å². The molecule has 0 N–H and O–H groups in total. The highest BCUT2D eigenvalue weighted by atomic mass is 79.9. The van der Waals surface area contributed by atoms with Gasteiger partial charge in [-0.15, -0.1) is 0 Å². The minimum atomic E-state index is -3.91. The summed E-state index contributed by atoms with van der Waals surface area (Å²) in [6.07, 6.45) is 0. The first-order valence-electron chi connectivity index (χ1n) is 6.70. The van der Waals surface area contributed by atoms with E-state index in [2.05, 4.69) is 68.6 Å². The summed E-state index contributed by atoms with van der Waals surface area (Å²) in [6, 6.07) is 10.2. The number of hydrogen-bond acceptors (Lipinski definition) is 3. The molecule has 0 aliphatic rings. The third-order valence-corrected chi connectivity index (χ3v) is 6.04. The van der Waals surface area contributed by atoms with Crippen molar-refractivity contribution < 1.29 is 12.6 Å². The monoisotopic (exact) mass is 524 g/mol. The number of rotatable bonds is 3. The number of benzene rings is 2. The van der Waals surface area contributed by atoms with Crippen LogP contribution in [0.3, 0.4) is 0 Å². The van der Waals surface area contributed by atoms with Gasteiger partial charge in [-0.05, 0) is 67.1 Å². The number of hydrogen-bond donors (Lipinski definition) is 0. The molecule has 0 fully saturated rings. The van der Waals surface area contributed by atoms with Gasteiger partial charge in [-0.25, -0.2) is 0 Å². The molecule has 0 saturated carbocycles. The Balaban J connectivity index is 2.37. The Morgan fingerprint density at radius 3 is 1.83 bits per heavy atom. The second-order valence-corrected chi connectivity index (χ2v) is 10.2. The Morgan fingerprint density at radius 1 is 0.913 bits per heavy atom. The molecule has 2 rings (SSSR count). The largest absolute Gasteiger partial charge is 0.377 e. The van der Waals surface area contributed by atoms with Gasteiger partial charge >= 0.3 is 10.1 Å². The van der Waals surface area contributed by atoms with E-state index in [0.717, 1.165) is 10.0 Å². The third kappa shape index (κ3) is 4.59. The van der Waals surface area contributed by atoms with Gasteiger partial charge in [0.2, 0.25) is 0 Å². The van der Waals surface area contributed by atoms with Crippen LogP contribution in [0.25, 0.3) is 0 Å². The molecule has 0 unspecified atom stereocenters. The lowest BCUT2D eigenvalue weighted by atomic mass is 9.87. The van der Waals surface area contributed by atoms with Gasteiger partial charge in [-0.3, -0.25) is 0 Å². The molecule has 0 spiro atoms. The topological polar surface area (TPSA) is 43.4 Å². The Kier molecular flexibility index (Phi) is 5.66. The van der Waals surface area contributed by atoms with Crippen molar-refractivity contribution in [2.75, 3.05) is 0 Å². The van der Waals surface area contributed by atoms with Crippen LogP contribution in [-0.2, 0) is 15.5 Å². The van der Waals surface area contributed by atoms with Crippen LogP contribution in [0.4, 0.5) is 0 Å². The van der Waals surface area contributed by atoms with Crippen LogP contribution in [0.15, 0.2) is 54.7 Å². The minimum absolute atomic E-state index is 0.0408. The fourth-order valence-electron chi connectivity index (χ4n) is 1.89. The third-order valence-electron chi connectivity index (χ3n) is 3.17. The zero-order valence-corrected chi connectivity index (χ0v) is 18.3. The van der Waals surface area contributed by atoms with Gasteiger partial charge in [-0.1, -0.05) is 48.8 Å². The van der Waals surface area contributed by atoms with Gasteiger partial charge in [0.15, 0.2) is 5.75 Å². The van der Waals surface area contributed by atoms with Gasteiger partial charge in [0.1, 0.15) is 4.90 Å². The van der Waals surface area contributed by atoms with Crippen molar-refractivity contribution in [2.45, 2.75) is 31.1 Å². The molecular weight excluding hydrogens is 512 g/mol. The Bertz CT molecular complexity index is 800. The van der Waals surface area contributed by atoms with E-state index in [9.17, 15) is 8.42 Å². The van der Waals surface area contributed by atoms with Gasteiger partial charge in [-0.2, -0.15) is 8.42 Å². The second-order valence-electron chi connectivity index (χ2n) is 6.01. The fourth-order valence-corrected chi connectivity index (χ4v) is 5.49. The highest BCUT2D eigenvalue weighted by Gasteiger charge is 2.22. The van der Waals surface area contributed by atoms with Crippen molar-refractivity contribution >= 4 is 57.9 Å². The van der Waals surface area contributed by atoms with Gasteiger partial charge in [0.05, 0.1) is 8.95 Å².